The quantitative estimate of drug-likeness (QED) is 0.746. The van der Waals surface area contributed by atoms with E-state index in [0.717, 1.165) is 15.4 Å². The van der Waals surface area contributed by atoms with Gasteiger partial charge in [0.05, 0.1) is 5.52 Å². The third-order valence-electron chi connectivity index (χ3n) is 1.64. The molecule has 0 saturated heterocycles. The van der Waals surface area contributed by atoms with Crippen LogP contribution in [0.15, 0.2) is 34.8 Å². The van der Waals surface area contributed by atoms with E-state index in [1.54, 1.807) is 6.07 Å². The molecule has 2 nitrogen and oxygen atoms in total. The lowest BCUT2D eigenvalue weighted by atomic mass is 10.2. The van der Waals surface area contributed by atoms with Gasteiger partial charge in [-0.15, -0.1) is 0 Å². The normalized spacial score (nSPS) is 10.4. The number of pyridine rings is 1. The molecule has 2 rings (SSSR count). The standard InChI is InChI=1S/C9H6BrNO/c10-7-3-1-6-2-4-9(12)11-8(6)5-7/h1-5H,(H,11,12). The third kappa shape index (κ3) is 1.28. The highest BCUT2D eigenvalue weighted by molar-refractivity contribution is 9.10. The smallest absolute Gasteiger partial charge is 0.211 e. The molecular formula is C9H6BrNO. The molecule has 0 aliphatic heterocycles. The molecule has 1 aromatic heterocycles. The molecule has 0 amide bonds. The summed E-state index contributed by atoms with van der Waals surface area (Å²) in [6, 6.07) is 9.18. The van der Waals surface area contributed by atoms with Crippen LogP contribution in [0.5, 0.6) is 5.88 Å². The predicted octanol–water partition coefficient (Wildman–Crippen LogP) is 2.70. The van der Waals surface area contributed by atoms with Gasteiger partial charge in [0.25, 0.3) is 0 Å². The molecule has 0 aliphatic carbocycles. The van der Waals surface area contributed by atoms with Gasteiger partial charge in [0.1, 0.15) is 0 Å². The van der Waals surface area contributed by atoms with E-state index in [-0.39, 0.29) is 5.88 Å². The van der Waals surface area contributed by atoms with Gasteiger partial charge in [-0.1, -0.05) is 22.0 Å². The van der Waals surface area contributed by atoms with Gasteiger partial charge in [-0.2, -0.15) is 0 Å². The van der Waals surface area contributed by atoms with Gasteiger partial charge in [-0.3, -0.25) is 0 Å². The van der Waals surface area contributed by atoms with Crippen molar-refractivity contribution in [3.8, 4) is 5.88 Å². The van der Waals surface area contributed by atoms with Crippen LogP contribution in [0.4, 0.5) is 0 Å². The van der Waals surface area contributed by atoms with E-state index in [4.69, 9.17) is 5.11 Å². The predicted molar refractivity (Wildman–Crippen MR) is 51.1 cm³/mol. The van der Waals surface area contributed by atoms with Crippen LogP contribution >= 0.6 is 15.9 Å². The number of hydrogen-bond donors (Lipinski definition) is 1. The molecule has 0 unspecified atom stereocenters. The summed E-state index contributed by atoms with van der Waals surface area (Å²) < 4.78 is 0.966. The molecule has 1 N–H and O–H groups in total. The van der Waals surface area contributed by atoms with Crippen molar-refractivity contribution >= 4 is 26.8 Å². The summed E-state index contributed by atoms with van der Waals surface area (Å²) in [7, 11) is 0. The van der Waals surface area contributed by atoms with Crippen molar-refractivity contribution in [1.29, 1.82) is 0 Å². The molecule has 0 fully saturated rings. The van der Waals surface area contributed by atoms with Crippen LogP contribution in [0.2, 0.25) is 0 Å². The lowest BCUT2D eigenvalue weighted by Gasteiger charge is -1.97. The number of hydrogen-bond acceptors (Lipinski definition) is 2. The van der Waals surface area contributed by atoms with E-state index in [1.165, 1.54) is 0 Å². The Kier molecular flexibility index (Phi) is 1.73. The molecule has 0 saturated carbocycles. The van der Waals surface area contributed by atoms with E-state index in [2.05, 4.69) is 20.9 Å². The molecule has 0 spiro atoms. The summed E-state index contributed by atoms with van der Waals surface area (Å²) in [5.41, 5.74) is 0.796. The van der Waals surface area contributed by atoms with Crippen LogP contribution in [-0.2, 0) is 0 Å². The lowest BCUT2D eigenvalue weighted by Crippen LogP contribution is -1.78. The molecular weight excluding hydrogens is 218 g/mol. The zero-order valence-corrected chi connectivity index (χ0v) is 7.75. The summed E-state index contributed by atoms with van der Waals surface area (Å²) in [5, 5.41) is 10.1. The summed E-state index contributed by atoms with van der Waals surface area (Å²) in [6.45, 7) is 0. The fourth-order valence-corrected chi connectivity index (χ4v) is 1.43. The van der Waals surface area contributed by atoms with Crippen molar-refractivity contribution in [3.63, 3.8) is 0 Å². The Bertz CT molecular complexity index is 391. The second-order valence-corrected chi connectivity index (χ2v) is 3.42. The highest BCUT2D eigenvalue weighted by Gasteiger charge is 1.96. The van der Waals surface area contributed by atoms with Crippen LogP contribution in [0.1, 0.15) is 0 Å². The highest BCUT2D eigenvalue weighted by atomic mass is 79.9. The fourth-order valence-electron chi connectivity index (χ4n) is 1.08. The Hall–Kier alpha value is -1.09. The summed E-state index contributed by atoms with van der Waals surface area (Å²) in [6.07, 6.45) is 0. The third-order valence-corrected chi connectivity index (χ3v) is 2.13. The summed E-state index contributed by atoms with van der Waals surface area (Å²) >= 11 is 3.34. The number of rotatable bonds is 0. The van der Waals surface area contributed by atoms with Crippen molar-refractivity contribution in [2.24, 2.45) is 0 Å². The second kappa shape index (κ2) is 2.75. The molecule has 0 radical (unpaired) electrons. The highest BCUT2D eigenvalue weighted by Crippen LogP contribution is 2.19. The Balaban J connectivity index is 2.80. The van der Waals surface area contributed by atoms with E-state index in [1.807, 2.05) is 24.3 Å². The van der Waals surface area contributed by atoms with Crippen molar-refractivity contribution in [1.82, 2.24) is 4.98 Å². The first kappa shape index (κ1) is 7.55. The van der Waals surface area contributed by atoms with Crippen molar-refractivity contribution in [2.45, 2.75) is 0 Å². The van der Waals surface area contributed by atoms with Crippen LogP contribution in [0.25, 0.3) is 10.9 Å². The van der Waals surface area contributed by atoms with Crippen molar-refractivity contribution in [2.75, 3.05) is 0 Å². The number of aromatic hydroxyl groups is 1. The van der Waals surface area contributed by atoms with Crippen molar-refractivity contribution in [3.05, 3.63) is 34.8 Å². The lowest BCUT2D eigenvalue weighted by molar-refractivity contribution is 0.456. The van der Waals surface area contributed by atoms with Crippen LogP contribution in [-0.4, -0.2) is 10.1 Å². The first-order chi connectivity index (χ1) is 5.75. The Labute approximate surface area is 78.0 Å². The summed E-state index contributed by atoms with van der Waals surface area (Å²) in [4.78, 5) is 3.96. The van der Waals surface area contributed by atoms with Crippen LogP contribution in [0.3, 0.4) is 0 Å². The number of halogens is 1. The molecule has 1 aromatic carbocycles. The largest absolute Gasteiger partial charge is 0.493 e. The van der Waals surface area contributed by atoms with E-state index >= 15 is 0 Å². The molecule has 3 heteroatoms. The molecule has 0 aliphatic rings. The first-order valence-corrected chi connectivity index (χ1v) is 4.30. The minimum Gasteiger partial charge on any atom is -0.493 e. The van der Waals surface area contributed by atoms with Gasteiger partial charge in [0.15, 0.2) is 0 Å². The minimum absolute atomic E-state index is 0.0561. The molecule has 1 heterocycles. The zero-order valence-electron chi connectivity index (χ0n) is 6.16. The van der Waals surface area contributed by atoms with Crippen molar-refractivity contribution < 1.29 is 5.11 Å². The summed E-state index contributed by atoms with van der Waals surface area (Å²) in [5.74, 6) is 0.0561. The second-order valence-electron chi connectivity index (χ2n) is 2.51. The maximum atomic E-state index is 9.09. The SMILES string of the molecule is Oc1ccc2ccc(Br)cc2n1. The topological polar surface area (TPSA) is 33.1 Å². The monoisotopic (exact) mass is 223 g/mol. The number of nitrogens with zero attached hydrogens (tertiary/aromatic N) is 1. The molecule has 60 valence electrons. The number of benzene rings is 1. The van der Waals surface area contributed by atoms with Crippen LogP contribution < -0.4 is 0 Å². The van der Waals surface area contributed by atoms with Gasteiger partial charge in [-0.05, 0) is 18.2 Å². The Morgan fingerprint density at radius 1 is 1.17 bits per heavy atom. The number of fused-ring (bicyclic) bond motifs is 1. The Morgan fingerprint density at radius 3 is 2.75 bits per heavy atom. The molecule has 0 atom stereocenters. The van der Waals surface area contributed by atoms with Crippen LogP contribution in [0, 0.1) is 0 Å². The van der Waals surface area contributed by atoms with Gasteiger partial charge < -0.3 is 5.11 Å². The van der Waals surface area contributed by atoms with E-state index in [0.29, 0.717) is 0 Å². The molecule has 12 heavy (non-hydrogen) atoms. The van der Waals surface area contributed by atoms with E-state index < -0.39 is 0 Å². The fraction of sp³-hybridized carbons (Fsp3) is 0. The van der Waals surface area contributed by atoms with Gasteiger partial charge >= 0.3 is 0 Å². The maximum Gasteiger partial charge on any atom is 0.211 e. The average Bonchev–Trinajstić information content (AvgIpc) is 2.03. The first-order valence-electron chi connectivity index (χ1n) is 3.51. The molecule has 2 aromatic rings. The zero-order chi connectivity index (χ0) is 8.55. The van der Waals surface area contributed by atoms with E-state index in [9.17, 15) is 0 Å². The minimum atomic E-state index is 0.0561. The number of aromatic nitrogens is 1. The van der Waals surface area contributed by atoms with Gasteiger partial charge in [0, 0.05) is 15.9 Å². The molecule has 0 bridgehead atoms. The Morgan fingerprint density at radius 2 is 1.92 bits per heavy atom. The van der Waals surface area contributed by atoms with Gasteiger partial charge in [-0.25, -0.2) is 4.98 Å². The van der Waals surface area contributed by atoms with Gasteiger partial charge in [0.2, 0.25) is 5.88 Å². The average molecular weight is 224 g/mol. The maximum absolute atomic E-state index is 9.09.